The number of nitrogens with zero attached hydrogens (tertiary/aromatic N) is 1. The molecule has 1 spiro atoms. The van der Waals surface area contributed by atoms with E-state index in [0.29, 0.717) is 29.9 Å². The Morgan fingerprint density at radius 3 is 2.43 bits per heavy atom. The average Bonchev–Trinajstić information content (AvgIpc) is 2.72. The van der Waals surface area contributed by atoms with E-state index in [4.69, 9.17) is 36.9 Å². The highest BCUT2D eigenvalue weighted by Crippen LogP contribution is 2.44. The van der Waals surface area contributed by atoms with E-state index < -0.39 is 29.5 Å². The van der Waals surface area contributed by atoms with Gasteiger partial charge in [0.15, 0.2) is 17.3 Å². The minimum Gasteiger partial charge on any atom is -0.574 e. The Hall–Kier alpha value is -2.99. The van der Waals surface area contributed by atoms with Crippen LogP contribution in [0.4, 0.5) is 0 Å². The van der Waals surface area contributed by atoms with E-state index >= 15 is 0 Å². The fourth-order valence-electron chi connectivity index (χ4n) is 3.97. The van der Waals surface area contributed by atoms with Crippen molar-refractivity contribution in [3.05, 3.63) is 35.3 Å². The molecule has 0 amide bonds. The first kappa shape index (κ1) is 21.7. The standard InChI is InChI=1S/C21H24N2O6S/c1-26-14-7-6-12(10-15(14)27-2)16(13(11-22)18(23)30)17-19(24)28-21(29-20(17)25)8-4-3-5-9-21/h6-7,10,13,16,24H,3-5,8-9H2,1-2H3,(H2,23,30)/p-1. The van der Waals surface area contributed by atoms with Crippen LogP contribution in [0.1, 0.15) is 43.6 Å². The number of thiocarbonyl (C=S) groups is 1. The molecule has 2 N–H and O–H groups in total. The second kappa shape index (κ2) is 8.79. The number of esters is 1. The molecule has 1 aromatic carbocycles. The smallest absolute Gasteiger partial charge is 0.337 e. The SMILES string of the molecule is COc1ccc(C(C2=C([O-])OC3(CCCCC3)OC2=O)C(C#N)C(N)=S)cc1OC. The summed E-state index contributed by atoms with van der Waals surface area (Å²) >= 11 is 5.05. The van der Waals surface area contributed by atoms with Crippen LogP contribution in [-0.2, 0) is 14.3 Å². The summed E-state index contributed by atoms with van der Waals surface area (Å²) < 4.78 is 21.8. The zero-order valence-corrected chi connectivity index (χ0v) is 17.6. The van der Waals surface area contributed by atoms with Crippen LogP contribution in [0.15, 0.2) is 29.7 Å². The lowest BCUT2D eigenvalue weighted by molar-refractivity contribution is -0.402. The first-order chi connectivity index (χ1) is 14.4. The highest BCUT2D eigenvalue weighted by molar-refractivity contribution is 7.80. The number of benzene rings is 1. The molecule has 1 aromatic rings. The molecular formula is C21H23N2O6S-. The van der Waals surface area contributed by atoms with Gasteiger partial charge in [-0.1, -0.05) is 24.7 Å². The van der Waals surface area contributed by atoms with Gasteiger partial charge in [0, 0.05) is 5.92 Å². The second-order valence-corrected chi connectivity index (χ2v) is 7.74. The number of hydrogen-bond acceptors (Lipinski definition) is 8. The first-order valence-corrected chi connectivity index (χ1v) is 10.0. The maximum absolute atomic E-state index is 13.0. The van der Waals surface area contributed by atoms with Gasteiger partial charge in [-0.2, -0.15) is 5.26 Å². The van der Waals surface area contributed by atoms with Crippen LogP contribution in [-0.4, -0.2) is 31.0 Å². The van der Waals surface area contributed by atoms with Crippen LogP contribution < -0.4 is 20.3 Å². The van der Waals surface area contributed by atoms with E-state index in [-0.39, 0.29) is 10.6 Å². The Labute approximate surface area is 180 Å². The molecule has 0 radical (unpaired) electrons. The third kappa shape index (κ3) is 4.00. The van der Waals surface area contributed by atoms with Crippen LogP contribution in [0, 0.1) is 17.2 Å². The Kier molecular flexibility index (Phi) is 6.37. The fourth-order valence-corrected chi connectivity index (χ4v) is 4.16. The van der Waals surface area contributed by atoms with Crippen molar-refractivity contribution in [2.24, 2.45) is 11.7 Å². The molecule has 0 saturated heterocycles. The number of hydrogen-bond donors (Lipinski definition) is 1. The fraction of sp³-hybridized carbons (Fsp3) is 0.476. The number of ether oxygens (including phenoxy) is 4. The summed E-state index contributed by atoms with van der Waals surface area (Å²) in [4.78, 5) is 12.9. The molecule has 0 bridgehead atoms. The van der Waals surface area contributed by atoms with E-state index in [9.17, 15) is 15.2 Å². The van der Waals surface area contributed by atoms with Crippen molar-refractivity contribution >= 4 is 23.2 Å². The Balaban J connectivity index is 2.11. The van der Waals surface area contributed by atoms with Crippen LogP contribution in [0.5, 0.6) is 11.5 Å². The van der Waals surface area contributed by atoms with Crippen molar-refractivity contribution in [3.8, 4) is 17.6 Å². The normalized spacial score (nSPS) is 19.8. The summed E-state index contributed by atoms with van der Waals surface area (Å²) in [7, 11) is 2.94. The number of nitriles is 1. The molecule has 1 fully saturated rings. The molecule has 1 aliphatic heterocycles. The van der Waals surface area contributed by atoms with Crippen LogP contribution in [0.3, 0.4) is 0 Å². The molecule has 1 aliphatic carbocycles. The number of rotatable bonds is 6. The lowest BCUT2D eigenvalue weighted by Gasteiger charge is -2.47. The molecule has 30 heavy (non-hydrogen) atoms. The minimum absolute atomic E-state index is 0.150. The number of carbonyl (C=O) groups is 1. The molecular weight excluding hydrogens is 408 g/mol. The lowest BCUT2D eigenvalue weighted by atomic mass is 9.80. The minimum atomic E-state index is -1.23. The van der Waals surface area contributed by atoms with Crippen molar-refractivity contribution < 1.29 is 28.8 Å². The molecule has 3 rings (SSSR count). The van der Waals surface area contributed by atoms with E-state index in [2.05, 4.69) is 0 Å². The molecule has 1 heterocycles. The van der Waals surface area contributed by atoms with Gasteiger partial charge in [0.05, 0.1) is 36.8 Å². The molecule has 9 heteroatoms. The van der Waals surface area contributed by atoms with Gasteiger partial charge in [0.1, 0.15) is 5.92 Å². The summed E-state index contributed by atoms with van der Waals surface area (Å²) in [6, 6.07) is 6.80. The van der Waals surface area contributed by atoms with Crippen molar-refractivity contribution in [1.29, 1.82) is 5.26 Å². The lowest BCUT2D eigenvalue weighted by Crippen LogP contribution is -2.47. The zero-order chi connectivity index (χ0) is 21.9. The highest BCUT2D eigenvalue weighted by Gasteiger charge is 2.43. The first-order valence-electron chi connectivity index (χ1n) is 9.60. The summed E-state index contributed by atoms with van der Waals surface area (Å²) in [6.45, 7) is 0. The van der Waals surface area contributed by atoms with Crippen molar-refractivity contribution in [3.63, 3.8) is 0 Å². The number of carbonyl (C=O) groups excluding carboxylic acids is 1. The quantitative estimate of drug-likeness (QED) is 0.531. The summed E-state index contributed by atoms with van der Waals surface area (Å²) in [5, 5.41) is 22.7. The van der Waals surface area contributed by atoms with Gasteiger partial charge in [-0.15, -0.1) is 0 Å². The topological polar surface area (TPSA) is 127 Å². The van der Waals surface area contributed by atoms with Crippen molar-refractivity contribution in [1.82, 2.24) is 0 Å². The van der Waals surface area contributed by atoms with Crippen LogP contribution >= 0.6 is 12.2 Å². The van der Waals surface area contributed by atoms with E-state index in [1.54, 1.807) is 18.2 Å². The van der Waals surface area contributed by atoms with Gasteiger partial charge in [-0.3, -0.25) is 0 Å². The predicted molar refractivity (Wildman–Crippen MR) is 108 cm³/mol. The maximum atomic E-state index is 13.0. The van der Waals surface area contributed by atoms with Crippen LogP contribution in [0.2, 0.25) is 0 Å². The van der Waals surface area contributed by atoms with Crippen molar-refractivity contribution in [2.45, 2.75) is 43.8 Å². The number of methoxy groups -OCH3 is 2. The maximum Gasteiger partial charge on any atom is 0.337 e. The molecule has 160 valence electrons. The van der Waals surface area contributed by atoms with Gasteiger partial charge in [-0.25, -0.2) is 4.79 Å². The molecule has 2 atom stereocenters. The predicted octanol–water partition coefficient (Wildman–Crippen LogP) is 2.02. The van der Waals surface area contributed by atoms with Crippen LogP contribution in [0.25, 0.3) is 0 Å². The molecule has 0 aromatic heterocycles. The zero-order valence-electron chi connectivity index (χ0n) is 16.8. The van der Waals surface area contributed by atoms with Gasteiger partial charge >= 0.3 is 5.97 Å². The monoisotopic (exact) mass is 431 g/mol. The van der Waals surface area contributed by atoms with Gasteiger partial charge in [0.2, 0.25) is 0 Å². The van der Waals surface area contributed by atoms with E-state index in [1.165, 1.54) is 14.2 Å². The van der Waals surface area contributed by atoms with E-state index in [0.717, 1.165) is 19.3 Å². The molecule has 2 aliphatic rings. The van der Waals surface area contributed by atoms with Crippen molar-refractivity contribution in [2.75, 3.05) is 14.2 Å². The summed E-state index contributed by atoms with van der Waals surface area (Å²) in [5.74, 6) is -4.26. The largest absolute Gasteiger partial charge is 0.574 e. The Bertz CT molecular complexity index is 917. The molecule has 1 saturated carbocycles. The van der Waals surface area contributed by atoms with Gasteiger partial charge < -0.3 is 29.8 Å². The average molecular weight is 431 g/mol. The van der Waals surface area contributed by atoms with Gasteiger partial charge in [-0.05, 0) is 43.4 Å². The van der Waals surface area contributed by atoms with Gasteiger partial charge in [0.25, 0.3) is 0 Å². The highest BCUT2D eigenvalue weighted by atomic mass is 32.1. The number of nitrogens with two attached hydrogens (primary N) is 1. The molecule has 2 unspecified atom stereocenters. The molecule has 8 nitrogen and oxygen atoms in total. The summed E-state index contributed by atoms with van der Waals surface area (Å²) in [5.41, 5.74) is 5.90. The third-order valence-electron chi connectivity index (χ3n) is 5.47. The van der Waals surface area contributed by atoms with E-state index in [1.807, 2.05) is 6.07 Å². The second-order valence-electron chi connectivity index (χ2n) is 7.27. The summed E-state index contributed by atoms with van der Waals surface area (Å²) in [6.07, 6.45) is 3.48. The Morgan fingerprint density at radius 1 is 1.23 bits per heavy atom. The third-order valence-corrected chi connectivity index (χ3v) is 5.72. The Morgan fingerprint density at radius 2 is 1.90 bits per heavy atom.